The molecular formula is C15H30O. The van der Waals surface area contributed by atoms with Gasteiger partial charge in [0.25, 0.3) is 0 Å². The molecule has 16 heavy (non-hydrogen) atoms. The molecule has 0 heterocycles. The number of hydrogen-bond donors (Lipinski definition) is 1. The van der Waals surface area contributed by atoms with Crippen LogP contribution in [0.15, 0.2) is 0 Å². The van der Waals surface area contributed by atoms with Gasteiger partial charge in [0.05, 0.1) is 6.10 Å². The highest BCUT2D eigenvalue weighted by molar-refractivity contribution is 4.79. The maximum absolute atomic E-state index is 10.2. The van der Waals surface area contributed by atoms with Crippen molar-refractivity contribution in [3.63, 3.8) is 0 Å². The van der Waals surface area contributed by atoms with Gasteiger partial charge in [-0.3, -0.25) is 0 Å². The van der Waals surface area contributed by atoms with Crippen molar-refractivity contribution in [2.24, 2.45) is 17.8 Å². The Morgan fingerprint density at radius 2 is 1.75 bits per heavy atom. The third-order valence-corrected chi connectivity index (χ3v) is 4.57. The molecule has 0 aromatic rings. The third kappa shape index (κ3) is 4.08. The van der Waals surface area contributed by atoms with Crippen LogP contribution in [0.1, 0.15) is 72.1 Å². The van der Waals surface area contributed by atoms with E-state index in [1.807, 2.05) is 0 Å². The lowest BCUT2D eigenvalue weighted by Gasteiger charge is -2.33. The van der Waals surface area contributed by atoms with Crippen LogP contribution in [0.25, 0.3) is 0 Å². The molecule has 0 aromatic heterocycles. The zero-order chi connectivity index (χ0) is 12.0. The molecule has 2 unspecified atom stereocenters. The van der Waals surface area contributed by atoms with Crippen molar-refractivity contribution < 1.29 is 5.11 Å². The molecule has 0 spiro atoms. The number of aliphatic hydroxyl groups is 1. The summed E-state index contributed by atoms with van der Waals surface area (Å²) in [5.41, 5.74) is 0. The van der Waals surface area contributed by atoms with Gasteiger partial charge in [-0.2, -0.15) is 0 Å². The molecule has 2 atom stereocenters. The molecule has 0 aromatic carbocycles. The summed E-state index contributed by atoms with van der Waals surface area (Å²) < 4.78 is 0. The SMILES string of the molecule is CCCCC1CCC(C(O)C(C)CC)CC1. The molecule has 1 fully saturated rings. The molecule has 0 amide bonds. The Bertz CT molecular complexity index is 170. The first-order valence-electron chi connectivity index (χ1n) is 7.37. The monoisotopic (exact) mass is 226 g/mol. The van der Waals surface area contributed by atoms with E-state index in [9.17, 15) is 5.11 Å². The molecule has 1 aliphatic rings. The molecule has 1 saturated carbocycles. The zero-order valence-corrected chi connectivity index (χ0v) is 11.4. The predicted octanol–water partition coefficient (Wildman–Crippen LogP) is 4.39. The van der Waals surface area contributed by atoms with E-state index in [2.05, 4.69) is 20.8 Å². The number of aliphatic hydroxyl groups excluding tert-OH is 1. The molecule has 1 nitrogen and oxygen atoms in total. The highest BCUT2D eigenvalue weighted by Crippen LogP contribution is 2.35. The van der Waals surface area contributed by atoms with Crippen LogP contribution in [-0.2, 0) is 0 Å². The molecule has 0 radical (unpaired) electrons. The van der Waals surface area contributed by atoms with Gasteiger partial charge in [-0.1, -0.05) is 59.3 Å². The van der Waals surface area contributed by atoms with Crippen LogP contribution in [0.4, 0.5) is 0 Å². The number of hydrogen-bond acceptors (Lipinski definition) is 1. The van der Waals surface area contributed by atoms with Crippen LogP contribution in [0, 0.1) is 17.8 Å². The summed E-state index contributed by atoms with van der Waals surface area (Å²) in [6, 6.07) is 0. The fraction of sp³-hybridized carbons (Fsp3) is 1.00. The van der Waals surface area contributed by atoms with E-state index in [4.69, 9.17) is 0 Å². The minimum absolute atomic E-state index is 0.0443. The Hall–Kier alpha value is -0.0400. The second-order valence-corrected chi connectivity index (χ2v) is 5.80. The topological polar surface area (TPSA) is 20.2 Å². The molecule has 1 rings (SSSR count). The fourth-order valence-corrected chi connectivity index (χ4v) is 3.02. The third-order valence-electron chi connectivity index (χ3n) is 4.57. The van der Waals surface area contributed by atoms with Gasteiger partial charge < -0.3 is 5.11 Å². The van der Waals surface area contributed by atoms with Crippen molar-refractivity contribution in [3.8, 4) is 0 Å². The summed E-state index contributed by atoms with van der Waals surface area (Å²) in [5, 5.41) is 10.2. The van der Waals surface area contributed by atoms with Crippen molar-refractivity contribution in [1.29, 1.82) is 0 Å². The molecule has 0 aliphatic heterocycles. The quantitative estimate of drug-likeness (QED) is 0.712. The van der Waals surface area contributed by atoms with Gasteiger partial charge in [-0.05, 0) is 30.6 Å². The van der Waals surface area contributed by atoms with Gasteiger partial charge in [0.2, 0.25) is 0 Å². The standard InChI is InChI=1S/C15H30O/c1-4-6-7-13-8-10-14(11-9-13)15(16)12(3)5-2/h12-16H,4-11H2,1-3H3. The Kier molecular flexibility index (Phi) is 6.41. The van der Waals surface area contributed by atoms with E-state index in [0.29, 0.717) is 11.8 Å². The van der Waals surface area contributed by atoms with Crippen LogP contribution in [0.3, 0.4) is 0 Å². The van der Waals surface area contributed by atoms with Gasteiger partial charge in [-0.15, -0.1) is 0 Å². The van der Waals surface area contributed by atoms with Crippen LogP contribution in [0.5, 0.6) is 0 Å². The molecule has 1 heteroatoms. The minimum Gasteiger partial charge on any atom is -0.393 e. The first-order valence-corrected chi connectivity index (χ1v) is 7.37. The summed E-state index contributed by atoms with van der Waals surface area (Å²) in [5.74, 6) is 2.03. The summed E-state index contributed by atoms with van der Waals surface area (Å²) >= 11 is 0. The molecule has 96 valence electrons. The summed E-state index contributed by atoms with van der Waals surface area (Å²) in [6.07, 6.45) is 10.5. The van der Waals surface area contributed by atoms with Crippen LogP contribution in [0.2, 0.25) is 0 Å². The molecule has 1 aliphatic carbocycles. The summed E-state index contributed by atoms with van der Waals surface area (Å²) in [6.45, 7) is 6.65. The Morgan fingerprint density at radius 1 is 1.12 bits per heavy atom. The minimum atomic E-state index is -0.0443. The average Bonchev–Trinajstić information content (AvgIpc) is 2.35. The van der Waals surface area contributed by atoms with Gasteiger partial charge in [-0.25, -0.2) is 0 Å². The number of rotatable bonds is 6. The molecular weight excluding hydrogens is 196 g/mol. The van der Waals surface area contributed by atoms with Gasteiger partial charge >= 0.3 is 0 Å². The molecule has 1 N–H and O–H groups in total. The van der Waals surface area contributed by atoms with Crippen LogP contribution >= 0.6 is 0 Å². The molecule has 0 bridgehead atoms. The smallest absolute Gasteiger partial charge is 0.0593 e. The van der Waals surface area contributed by atoms with Crippen molar-refractivity contribution in [3.05, 3.63) is 0 Å². The lowest BCUT2D eigenvalue weighted by atomic mass is 9.75. The Morgan fingerprint density at radius 3 is 2.25 bits per heavy atom. The highest BCUT2D eigenvalue weighted by Gasteiger charge is 2.28. The normalized spacial score (nSPS) is 30.0. The largest absolute Gasteiger partial charge is 0.393 e. The molecule has 0 saturated heterocycles. The maximum atomic E-state index is 10.2. The van der Waals surface area contributed by atoms with Crippen molar-refractivity contribution in [1.82, 2.24) is 0 Å². The van der Waals surface area contributed by atoms with E-state index < -0.39 is 0 Å². The van der Waals surface area contributed by atoms with E-state index in [-0.39, 0.29) is 6.10 Å². The van der Waals surface area contributed by atoms with Crippen molar-refractivity contribution in [2.75, 3.05) is 0 Å². The Balaban J connectivity index is 2.25. The van der Waals surface area contributed by atoms with Crippen LogP contribution < -0.4 is 0 Å². The van der Waals surface area contributed by atoms with Crippen LogP contribution in [-0.4, -0.2) is 11.2 Å². The van der Waals surface area contributed by atoms with Gasteiger partial charge in [0, 0.05) is 0 Å². The Labute approximate surface area is 102 Å². The van der Waals surface area contributed by atoms with Gasteiger partial charge in [0.15, 0.2) is 0 Å². The average molecular weight is 226 g/mol. The van der Waals surface area contributed by atoms with E-state index in [1.165, 1.54) is 44.9 Å². The summed E-state index contributed by atoms with van der Waals surface area (Å²) in [4.78, 5) is 0. The maximum Gasteiger partial charge on any atom is 0.0593 e. The zero-order valence-electron chi connectivity index (χ0n) is 11.4. The summed E-state index contributed by atoms with van der Waals surface area (Å²) in [7, 11) is 0. The van der Waals surface area contributed by atoms with Crippen molar-refractivity contribution in [2.45, 2.75) is 78.2 Å². The van der Waals surface area contributed by atoms with Crippen molar-refractivity contribution >= 4 is 0 Å². The first-order chi connectivity index (χ1) is 7.69. The van der Waals surface area contributed by atoms with Gasteiger partial charge in [0.1, 0.15) is 0 Å². The number of unbranched alkanes of at least 4 members (excludes halogenated alkanes) is 1. The highest BCUT2D eigenvalue weighted by atomic mass is 16.3. The first kappa shape index (κ1) is 14.0. The lowest BCUT2D eigenvalue weighted by molar-refractivity contribution is 0.0299. The van der Waals surface area contributed by atoms with E-state index in [1.54, 1.807) is 0 Å². The second kappa shape index (κ2) is 7.32. The van der Waals surface area contributed by atoms with E-state index in [0.717, 1.165) is 12.3 Å². The predicted molar refractivity (Wildman–Crippen MR) is 70.4 cm³/mol. The lowest BCUT2D eigenvalue weighted by Crippen LogP contribution is -2.30. The van der Waals surface area contributed by atoms with E-state index >= 15 is 0 Å². The second-order valence-electron chi connectivity index (χ2n) is 5.80. The fourth-order valence-electron chi connectivity index (χ4n) is 3.02.